The van der Waals surface area contributed by atoms with Gasteiger partial charge in [-0.25, -0.2) is 4.99 Å². The molecular weight excluding hydrogens is 436 g/mol. The van der Waals surface area contributed by atoms with E-state index in [0.717, 1.165) is 28.6 Å². The standard InChI is InChI=1S/C26H25ClN4O2/c1-17(32)31(15-5-14-28)21-11-9-20(10-12-21)29-25(18-6-3-2-4-7-18)24-22-13-8-19(27)16-23(22)30-26(24)33/h2-4,6-13,16,30,33H,5,14-15,28H2,1H3. The number of hydrogen-bond acceptors (Lipinski definition) is 4. The van der Waals surface area contributed by atoms with E-state index in [1.807, 2.05) is 60.7 Å². The lowest BCUT2D eigenvalue weighted by Crippen LogP contribution is -2.30. The third-order valence-electron chi connectivity index (χ3n) is 5.39. The molecule has 4 N–H and O–H groups in total. The number of hydrogen-bond donors (Lipinski definition) is 3. The Bertz CT molecular complexity index is 1300. The van der Waals surface area contributed by atoms with Gasteiger partial charge in [-0.3, -0.25) is 4.79 Å². The van der Waals surface area contributed by atoms with Crippen LogP contribution in [0.1, 0.15) is 24.5 Å². The van der Waals surface area contributed by atoms with Gasteiger partial charge < -0.3 is 20.7 Å². The molecule has 168 valence electrons. The molecule has 0 bridgehead atoms. The monoisotopic (exact) mass is 460 g/mol. The molecule has 0 saturated heterocycles. The van der Waals surface area contributed by atoms with Gasteiger partial charge >= 0.3 is 0 Å². The summed E-state index contributed by atoms with van der Waals surface area (Å²) >= 11 is 6.13. The van der Waals surface area contributed by atoms with Crippen LogP contribution in [0, 0.1) is 0 Å². The molecule has 6 nitrogen and oxygen atoms in total. The van der Waals surface area contributed by atoms with Gasteiger partial charge in [-0.2, -0.15) is 0 Å². The number of nitrogens with two attached hydrogens (primary N) is 1. The van der Waals surface area contributed by atoms with Gasteiger partial charge in [0.15, 0.2) is 5.88 Å². The highest BCUT2D eigenvalue weighted by atomic mass is 35.5. The molecule has 7 heteroatoms. The molecule has 0 aliphatic carbocycles. The SMILES string of the molecule is CC(=O)N(CCCN)c1ccc(N=C(c2ccccc2)c2c(O)[nH]c3cc(Cl)ccc23)cc1. The maximum atomic E-state index is 12.1. The summed E-state index contributed by atoms with van der Waals surface area (Å²) in [5.74, 6) is -0.0110. The lowest BCUT2D eigenvalue weighted by molar-refractivity contribution is -0.116. The quantitative estimate of drug-likeness (QED) is 0.322. The Hall–Kier alpha value is -3.61. The van der Waals surface area contributed by atoms with E-state index in [9.17, 15) is 9.90 Å². The van der Waals surface area contributed by atoms with E-state index in [4.69, 9.17) is 22.3 Å². The maximum absolute atomic E-state index is 12.1. The van der Waals surface area contributed by atoms with Crippen LogP contribution in [0.25, 0.3) is 10.9 Å². The average Bonchev–Trinajstić information content (AvgIpc) is 3.13. The molecule has 1 heterocycles. The van der Waals surface area contributed by atoms with Crippen molar-refractivity contribution in [1.29, 1.82) is 0 Å². The van der Waals surface area contributed by atoms with Crippen LogP contribution in [0.2, 0.25) is 5.02 Å². The van der Waals surface area contributed by atoms with E-state index in [1.54, 1.807) is 24.0 Å². The van der Waals surface area contributed by atoms with Crippen LogP contribution >= 0.6 is 11.6 Å². The minimum Gasteiger partial charge on any atom is -0.494 e. The van der Waals surface area contributed by atoms with E-state index in [-0.39, 0.29) is 11.8 Å². The first-order chi connectivity index (χ1) is 16.0. The van der Waals surface area contributed by atoms with E-state index >= 15 is 0 Å². The van der Waals surface area contributed by atoms with Gasteiger partial charge in [-0.05, 0) is 49.4 Å². The minimum atomic E-state index is -0.0351. The van der Waals surface area contributed by atoms with Crippen LogP contribution in [0.4, 0.5) is 11.4 Å². The summed E-state index contributed by atoms with van der Waals surface area (Å²) in [5.41, 5.74) is 9.92. The topological polar surface area (TPSA) is 94.7 Å². The third-order valence-corrected chi connectivity index (χ3v) is 5.63. The Morgan fingerprint density at radius 2 is 1.82 bits per heavy atom. The molecule has 3 aromatic carbocycles. The van der Waals surface area contributed by atoms with Crippen molar-refractivity contribution >= 4 is 45.5 Å². The first-order valence-corrected chi connectivity index (χ1v) is 11.1. The maximum Gasteiger partial charge on any atom is 0.223 e. The number of benzene rings is 3. The molecule has 0 unspecified atom stereocenters. The second-order valence-corrected chi connectivity index (χ2v) is 8.13. The number of nitrogens with one attached hydrogen (secondary N) is 1. The van der Waals surface area contributed by atoms with Crippen LogP contribution < -0.4 is 10.6 Å². The van der Waals surface area contributed by atoms with Gasteiger partial charge in [0.1, 0.15) is 0 Å². The van der Waals surface area contributed by atoms with Gasteiger partial charge in [0, 0.05) is 35.1 Å². The van der Waals surface area contributed by atoms with Crippen LogP contribution in [0.5, 0.6) is 5.88 Å². The zero-order valence-electron chi connectivity index (χ0n) is 18.3. The summed E-state index contributed by atoms with van der Waals surface area (Å²) in [6.45, 7) is 2.63. The van der Waals surface area contributed by atoms with Crippen molar-refractivity contribution in [2.75, 3.05) is 18.0 Å². The molecule has 33 heavy (non-hydrogen) atoms. The van der Waals surface area contributed by atoms with E-state index in [2.05, 4.69) is 4.98 Å². The molecule has 1 aromatic heterocycles. The Balaban J connectivity index is 1.79. The largest absolute Gasteiger partial charge is 0.494 e. The second-order valence-electron chi connectivity index (χ2n) is 7.69. The number of carbonyl (C=O) groups excluding carboxylic acids is 1. The number of nitrogens with zero attached hydrogens (tertiary/aromatic N) is 2. The minimum absolute atomic E-state index is 0.0241. The van der Waals surface area contributed by atoms with Gasteiger partial charge in [0.25, 0.3) is 0 Å². The number of anilines is 1. The zero-order chi connectivity index (χ0) is 23.4. The fourth-order valence-corrected chi connectivity index (χ4v) is 3.98. The van der Waals surface area contributed by atoms with Crippen molar-refractivity contribution in [2.24, 2.45) is 10.7 Å². The normalized spacial score (nSPS) is 11.7. The Kier molecular flexibility index (Phi) is 6.77. The summed E-state index contributed by atoms with van der Waals surface area (Å²) in [6.07, 6.45) is 0.724. The van der Waals surface area contributed by atoms with Crippen molar-refractivity contribution in [1.82, 2.24) is 4.98 Å². The summed E-state index contributed by atoms with van der Waals surface area (Å²) < 4.78 is 0. The number of halogens is 1. The zero-order valence-corrected chi connectivity index (χ0v) is 19.0. The number of aromatic nitrogens is 1. The molecular formula is C26H25ClN4O2. The molecule has 1 amide bonds. The Morgan fingerprint density at radius 3 is 2.48 bits per heavy atom. The van der Waals surface area contributed by atoms with E-state index in [1.165, 1.54) is 0 Å². The summed E-state index contributed by atoms with van der Waals surface area (Å²) in [7, 11) is 0. The number of aromatic hydroxyl groups is 1. The van der Waals surface area contributed by atoms with Crippen molar-refractivity contribution < 1.29 is 9.90 Å². The average molecular weight is 461 g/mol. The number of aromatic amines is 1. The lowest BCUT2D eigenvalue weighted by atomic mass is 10.0. The van der Waals surface area contributed by atoms with Gasteiger partial charge in [0.2, 0.25) is 5.91 Å². The molecule has 0 atom stereocenters. The number of aliphatic imine (C=N–C) groups is 1. The van der Waals surface area contributed by atoms with E-state index in [0.29, 0.717) is 35.1 Å². The fraction of sp³-hybridized carbons (Fsp3) is 0.154. The summed E-state index contributed by atoms with van der Waals surface area (Å²) in [5, 5.41) is 12.2. The molecule has 0 saturated carbocycles. The molecule has 4 aromatic rings. The first kappa shape index (κ1) is 22.6. The number of amides is 1. The Labute approximate surface area is 197 Å². The molecule has 0 spiro atoms. The highest BCUT2D eigenvalue weighted by Crippen LogP contribution is 2.33. The molecule has 4 rings (SSSR count). The predicted octanol–water partition coefficient (Wildman–Crippen LogP) is 5.40. The molecule has 0 aliphatic rings. The fourth-order valence-electron chi connectivity index (χ4n) is 3.81. The number of H-pyrrole nitrogens is 1. The number of carbonyl (C=O) groups is 1. The molecule has 0 fully saturated rings. The lowest BCUT2D eigenvalue weighted by Gasteiger charge is -2.21. The molecule has 0 radical (unpaired) electrons. The van der Waals surface area contributed by atoms with Gasteiger partial charge in [0.05, 0.1) is 22.5 Å². The van der Waals surface area contributed by atoms with Crippen molar-refractivity contribution in [3.8, 4) is 5.88 Å². The second kappa shape index (κ2) is 9.90. The predicted molar refractivity (Wildman–Crippen MR) is 135 cm³/mol. The van der Waals surface area contributed by atoms with Gasteiger partial charge in [-0.1, -0.05) is 48.0 Å². The highest BCUT2D eigenvalue weighted by Gasteiger charge is 2.19. The van der Waals surface area contributed by atoms with Crippen molar-refractivity contribution in [3.63, 3.8) is 0 Å². The third kappa shape index (κ3) is 4.92. The smallest absolute Gasteiger partial charge is 0.223 e. The Morgan fingerprint density at radius 1 is 1.09 bits per heavy atom. The van der Waals surface area contributed by atoms with Crippen LogP contribution in [-0.2, 0) is 4.79 Å². The summed E-state index contributed by atoms with van der Waals surface area (Å²) in [4.78, 5) is 21.6. The van der Waals surface area contributed by atoms with Crippen molar-refractivity contribution in [2.45, 2.75) is 13.3 Å². The number of fused-ring (bicyclic) bond motifs is 1. The van der Waals surface area contributed by atoms with Crippen LogP contribution in [0.15, 0.2) is 77.8 Å². The summed E-state index contributed by atoms with van der Waals surface area (Å²) in [6, 6.07) is 22.6. The highest BCUT2D eigenvalue weighted by molar-refractivity contribution is 6.31. The van der Waals surface area contributed by atoms with Crippen molar-refractivity contribution in [3.05, 3.63) is 88.9 Å². The first-order valence-electron chi connectivity index (χ1n) is 10.7. The van der Waals surface area contributed by atoms with Crippen LogP contribution in [-0.4, -0.2) is 34.8 Å². The molecule has 0 aliphatic heterocycles. The van der Waals surface area contributed by atoms with Crippen LogP contribution in [0.3, 0.4) is 0 Å². The van der Waals surface area contributed by atoms with Gasteiger partial charge in [-0.15, -0.1) is 0 Å². The van der Waals surface area contributed by atoms with E-state index < -0.39 is 0 Å². The number of rotatable bonds is 7.